The van der Waals surface area contributed by atoms with Gasteiger partial charge in [-0.1, -0.05) is 18.2 Å². The summed E-state index contributed by atoms with van der Waals surface area (Å²) >= 11 is 0. The average molecular weight is 326 g/mol. The number of aryl methyl sites for hydroxylation is 1. The van der Waals surface area contributed by atoms with E-state index in [1.54, 1.807) is 17.9 Å². The van der Waals surface area contributed by atoms with Crippen molar-refractivity contribution in [3.63, 3.8) is 0 Å². The molecule has 6 nitrogen and oxygen atoms in total. The Morgan fingerprint density at radius 3 is 2.83 bits per heavy atom. The number of anilines is 1. The Balaban J connectivity index is 1.96. The van der Waals surface area contributed by atoms with E-state index in [9.17, 15) is 14.9 Å². The number of benzene rings is 2. The lowest BCUT2D eigenvalue weighted by Gasteiger charge is -2.29. The van der Waals surface area contributed by atoms with Gasteiger partial charge in [-0.3, -0.25) is 14.9 Å². The Hall–Kier alpha value is -2.89. The van der Waals surface area contributed by atoms with Crippen molar-refractivity contribution < 1.29 is 14.5 Å². The van der Waals surface area contributed by atoms with Gasteiger partial charge in [-0.15, -0.1) is 0 Å². The maximum atomic E-state index is 12.9. The summed E-state index contributed by atoms with van der Waals surface area (Å²) in [6.45, 7) is 2.69. The minimum absolute atomic E-state index is 0.179. The molecule has 0 fully saturated rings. The molecule has 24 heavy (non-hydrogen) atoms. The Morgan fingerprint density at radius 2 is 2.08 bits per heavy atom. The molecule has 0 N–H and O–H groups in total. The maximum absolute atomic E-state index is 12.9. The number of carbonyl (C=O) groups excluding carboxylic acids is 1. The van der Waals surface area contributed by atoms with E-state index >= 15 is 0 Å². The van der Waals surface area contributed by atoms with Crippen LogP contribution in [-0.4, -0.2) is 24.0 Å². The third-order valence-corrected chi connectivity index (χ3v) is 4.06. The van der Waals surface area contributed by atoms with Crippen molar-refractivity contribution in [2.45, 2.75) is 19.8 Å². The molecule has 1 amide bonds. The summed E-state index contributed by atoms with van der Waals surface area (Å²) in [5, 5.41) is 11.2. The molecule has 0 spiro atoms. The summed E-state index contributed by atoms with van der Waals surface area (Å²) in [4.78, 5) is 25.3. The molecule has 0 unspecified atom stereocenters. The predicted molar refractivity (Wildman–Crippen MR) is 90.7 cm³/mol. The van der Waals surface area contributed by atoms with E-state index in [1.165, 1.54) is 12.1 Å². The number of hydrogen-bond acceptors (Lipinski definition) is 4. The molecule has 124 valence electrons. The monoisotopic (exact) mass is 326 g/mol. The fourth-order valence-electron chi connectivity index (χ4n) is 2.97. The van der Waals surface area contributed by atoms with Crippen LogP contribution >= 0.6 is 0 Å². The van der Waals surface area contributed by atoms with Crippen LogP contribution in [0.5, 0.6) is 5.75 Å². The molecule has 2 aromatic rings. The molecular formula is C18H18N2O4. The van der Waals surface area contributed by atoms with Gasteiger partial charge in [0.25, 0.3) is 5.91 Å². The van der Waals surface area contributed by atoms with E-state index in [-0.39, 0.29) is 17.3 Å². The minimum atomic E-state index is -0.522. The van der Waals surface area contributed by atoms with Gasteiger partial charge in [0, 0.05) is 23.9 Å². The van der Waals surface area contributed by atoms with E-state index in [0.717, 1.165) is 24.1 Å². The van der Waals surface area contributed by atoms with Gasteiger partial charge in [0.1, 0.15) is 0 Å². The van der Waals surface area contributed by atoms with Crippen molar-refractivity contribution in [2.24, 2.45) is 0 Å². The van der Waals surface area contributed by atoms with Gasteiger partial charge in [-0.05, 0) is 43.5 Å². The highest BCUT2D eigenvalue weighted by atomic mass is 16.6. The number of carbonyl (C=O) groups is 1. The zero-order chi connectivity index (χ0) is 17.1. The van der Waals surface area contributed by atoms with Crippen LogP contribution in [0.15, 0.2) is 42.5 Å². The van der Waals surface area contributed by atoms with Crippen molar-refractivity contribution in [2.75, 3.05) is 18.1 Å². The van der Waals surface area contributed by atoms with Gasteiger partial charge in [0.05, 0.1) is 11.5 Å². The van der Waals surface area contributed by atoms with Crippen LogP contribution in [0, 0.1) is 10.1 Å². The lowest BCUT2D eigenvalue weighted by Crippen LogP contribution is -2.35. The smallest absolute Gasteiger partial charge is 0.311 e. The molecule has 0 saturated carbocycles. The number of nitro benzene ring substituents is 1. The van der Waals surface area contributed by atoms with E-state index in [1.807, 2.05) is 24.3 Å². The van der Waals surface area contributed by atoms with Gasteiger partial charge < -0.3 is 9.64 Å². The number of fused-ring (bicyclic) bond motifs is 1. The lowest BCUT2D eigenvalue weighted by molar-refractivity contribution is -0.385. The van der Waals surface area contributed by atoms with Crippen molar-refractivity contribution in [3.8, 4) is 5.75 Å². The molecule has 0 radical (unpaired) electrons. The summed E-state index contributed by atoms with van der Waals surface area (Å²) in [5.74, 6) is -0.0496. The highest BCUT2D eigenvalue weighted by Crippen LogP contribution is 2.31. The van der Waals surface area contributed by atoms with Crippen LogP contribution in [0.4, 0.5) is 11.4 Å². The first-order valence-electron chi connectivity index (χ1n) is 7.93. The molecule has 0 bridgehead atoms. The van der Waals surface area contributed by atoms with Gasteiger partial charge in [0.2, 0.25) is 0 Å². The zero-order valence-electron chi connectivity index (χ0n) is 13.4. The van der Waals surface area contributed by atoms with E-state index < -0.39 is 4.92 Å². The first-order valence-corrected chi connectivity index (χ1v) is 7.93. The molecule has 2 aromatic carbocycles. The third kappa shape index (κ3) is 2.95. The average Bonchev–Trinajstić information content (AvgIpc) is 2.61. The first kappa shape index (κ1) is 16.0. The number of rotatable bonds is 4. The van der Waals surface area contributed by atoms with Crippen LogP contribution in [0.25, 0.3) is 0 Å². The Morgan fingerprint density at radius 1 is 1.29 bits per heavy atom. The second-order valence-electron chi connectivity index (χ2n) is 5.56. The minimum Gasteiger partial charge on any atom is -0.487 e. The second-order valence-corrected chi connectivity index (χ2v) is 5.56. The standard InChI is InChI=1S/C18H18N2O4/c1-2-24-17-10-9-14(12-16(17)20(22)23)18(21)19-11-5-7-13-6-3-4-8-15(13)19/h3-4,6,8-10,12H,2,5,7,11H2,1H3. The molecular weight excluding hydrogens is 308 g/mol. The summed E-state index contributed by atoms with van der Waals surface area (Å²) in [6, 6.07) is 12.1. The maximum Gasteiger partial charge on any atom is 0.311 e. The third-order valence-electron chi connectivity index (χ3n) is 4.06. The predicted octanol–water partition coefficient (Wildman–Crippen LogP) is 3.59. The Labute approximate surface area is 139 Å². The number of amides is 1. The van der Waals surface area contributed by atoms with Crippen LogP contribution in [0.2, 0.25) is 0 Å². The van der Waals surface area contributed by atoms with Crippen molar-refractivity contribution in [1.29, 1.82) is 0 Å². The fraction of sp³-hybridized carbons (Fsp3) is 0.278. The van der Waals surface area contributed by atoms with Crippen molar-refractivity contribution in [3.05, 3.63) is 63.7 Å². The van der Waals surface area contributed by atoms with Gasteiger partial charge in [-0.25, -0.2) is 0 Å². The van der Waals surface area contributed by atoms with Crippen LogP contribution in [-0.2, 0) is 6.42 Å². The number of nitrogens with zero attached hydrogens (tertiary/aromatic N) is 2. The first-order chi connectivity index (χ1) is 11.6. The number of nitro groups is 1. The van der Waals surface area contributed by atoms with Gasteiger partial charge >= 0.3 is 5.69 Å². The molecule has 1 heterocycles. The molecule has 0 aromatic heterocycles. The lowest BCUT2D eigenvalue weighted by atomic mass is 10.0. The number of para-hydroxylation sites is 1. The molecule has 0 saturated heterocycles. The highest BCUT2D eigenvalue weighted by Gasteiger charge is 2.25. The number of ether oxygens (including phenoxy) is 1. The van der Waals surface area contributed by atoms with Gasteiger partial charge in [0.15, 0.2) is 5.75 Å². The fourth-order valence-corrected chi connectivity index (χ4v) is 2.97. The largest absolute Gasteiger partial charge is 0.487 e. The Kier molecular flexibility index (Phi) is 4.46. The summed E-state index contributed by atoms with van der Waals surface area (Å²) < 4.78 is 5.27. The van der Waals surface area contributed by atoms with E-state index in [0.29, 0.717) is 18.7 Å². The second kappa shape index (κ2) is 6.70. The van der Waals surface area contributed by atoms with Crippen LogP contribution in [0.3, 0.4) is 0 Å². The zero-order valence-corrected chi connectivity index (χ0v) is 13.4. The molecule has 1 aliphatic heterocycles. The van der Waals surface area contributed by atoms with Gasteiger partial charge in [-0.2, -0.15) is 0 Å². The van der Waals surface area contributed by atoms with E-state index in [4.69, 9.17) is 4.74 Å². The van der Waals surface area contributed by atoms with Crippen LogP contribution < -0.4 is 9.64 Å². The van der Waals surface area contributed by atoms with Crippen LogP contribution in [0.1, 0.15) is 29.3 Å². The normalized spacial score (nSPS) is 13.3. The van der Waals surface area contributed by atoms with Crippen molar-refractivity contribution >= 4 is 17.3 Å². The molecule has 1 aliphatic rings. The SMILES string of the molecule is CCOc1ccc(C(=O)N2CCCc3ccccc32)cc1[N+](=O)[O-]. The highest BCUT2D eigenvalue weighted by molar-refractivity contribution is 6.07. The topological polar surface area (TPSA) is 72.7 Å². The molecule has 0 aliphatic carbocycles. The molecule has 0 atom stereocenters. The van der Waals surface area contributed by atoms with Crippen molar-refractivity contribution in [1.82, 2.24) is 0 Å². The summed E-state index contributed by atoms with van der Waals surface area (Å²) in [6.07, 6.45) is 1.81. The molecule has 6 heteroatoms. The Bertz CT molecular complexity index is 788. The van der Waals surface area contributed by atoms with E-state index in [2.05, 4.69) is 0 Å². The summed E-state index contributed by atoms with van der Waals surface area (Å²) in [7, 11) is 0. The molecule has 3 rings (SSSR count). The number of hydrogen-bond donors (Lipinski definition) is 0. The summed E-state index contributed by atoms with van der Waals surface area (Å²) in [5.41, 5.74) is 2.11. The quantitative estimate of drug-likeness (QED) is 0.636.